The summed E-state index contributed by atoms with van der Waals surface area (Å²) in [5, 5.41) is 8.64. The van der Waals surface area contributed by atoms with Gasteiger partial charge in [-0.05, 0) is 30.0 Å². The van der Waals surface area contributed by atoms with Crippen molar-refractivity contribution in [3.63, 3.8) is 0 Å². The van der Waals surface area contributed by atoms with E-state index in [-0.39, 0.29) is 5.57 Å². The number of thioether (sulfide) groups is 1. The predicted octanol–water partition coefficient (Wildman–Crippen LogP) is 1.80. The van der Waals surface area contributed by atoms with Crippen LogP contribution >= 0.6 is 11.8 Å². The first-order chi connectivity index (χ1) is 7.17. The average Bonchev–Trinajstić information content (AvgIpc) is 2.26. The maximum Gasteiger partial charge on any atom is 0.259 e. The van der Waals surface area contributed by atoms with E-state index in [1.165, 1.54) is 6.08 Å². The summed E-state index contributed by atoms with van der Waals surface area (Å²) in [7, 11) is 0. The highest BCUT2D eigenvalue weighted by Crippen LogP contribution is 2.16. The summed E-state index contributed by atoms with van der Waals surface area (Å²) in [5.41, 5.74) is 5.78. The number of benzene rings is 1. The molecule has 15 heavy (non-hydrogen) atoms. The molecule has 0 saturated carbocycles. The maximum absolute atomic E-state index is 10.8. The molecule has 0 aliphatic carbocycles. The summed E-state index contributed by atoms with van der Waals surface area (Å²) in [5.74, 6) is -0.702. The van der Waals surface area contributed by atoms with E-state index >= 15 is 0 Å². The second kappa shape index (κ2) is 5.23. The van der Waals surface area contributed by atoms with Crippen LogP contribution in [-0.2, 0) is 4.79 Å². The number of nitrogens with zero attached hydrogens (tertiary/aromatic N) is 1. The highest BCUT2D eigenvalue weighted by Gasteiger charge is 2.02. The Bertz CT molecular complexity index is 429. The van der Waals surface area contributed by atoms with Crippen molar-refractivity contribution in [2.45, 2.75) is 4.90 Å². The summed E-state index contributed by atoms with van der Waals surface area (Å²) < 4.78 is 0. The Morgan fingerprint density at radius 1 is 1.47 bits per heavy atom. The number of nitrogens with two attached hydrogens (primary N) is 1. The number of hydrogen-bond donors (Lipinski definition) is 1. The molecule has 76 valence electrons. The van der Waals surface area contributed by atoms with E-state index in [1.807, 2.05) is 30.5 Å². The molecule has 1 amide bonds. The molecular weight excluding hydrogens is 208 g/mol. The molecule has 4 heteroatoms. The van der Waals surface area contributed by atoms with Gasteiger partial charge in [-0.2, -0.15) is 5.26 Å². The van der Waals surface area contributed by atoms with Crippen LogP contribution in [-0.4, -0.2) is 12.2 Å². The molecule has 0 unspecified atom stereocenters. The molecule has 3 nitrogen and oxygen atoms in total. The van der Waals surface area contributed by atoms with E-state index in [0.29, 0.717) is 0 Å². The van der Waals surface area contributed by atoms with E-state index < -0.39 is 5.91 Å². The Morgan fingerprint density at radius 3 is 2.47 bits per heavy atom. The summed E-state index contributed by atoms with van der Waals surface area (Å²) >= 11 is 1.63. The van der Waals surface area contributed by atoms with Gasteiger partial charge >= 0.3 is 0 Å². The van der Waals surface area contributed by atoms with Gasteiger partial charge in [0.05, 0.1) is 0 Å². The smallest absolute Gasteiger partial charge is 0.259 e. The summed E-state index contributed by atoms with van der Waals surface area (Å²) in [6.45, 7) is 0. The number of amides is 1. The SMILES string of the molecule is CSc1ccc(C=C(C#N)C(N)=O)cc1. The van der Waals surface area contributed by atoms with Gasteiger partial charge < -0.3 is 5.73 Å². The molecule has 0 saturated heterocycles. The number of rotatable bonds is 3. The molecule has 0 aliphatic heterocycles. The van der Waals surface area contributed by atoms with Gasteiger partial charge in [-0.25, -0.2) is 0 Å². The van der Waals surface area contributed by atoms with Crippen LogP contribution in [0.2, 0.25) is 0 Å². The second-order valence-corrected chi connectivity index (χ2v) is 3.69. The van der Waals surface area contributed by atoms with Gasteiger partial charge in [0.2, 0.25) is 0 Å². The highest BCUT2D eigenvalue weighted by molar-refractivity contribution is 7.98. The first-order valence-corrected chi connectivity index (χ1v) is 5.45. The number of nitriles is 1. The van der Waals surface area contributed by atoms with Gasteiger partial charge in [0, 0.05) is 4.90 Å². The zero-order valence-electron chi connectivity index (χ0n) is 8.23. The van der Waals surface area contributed by atoms with Crippen molar-refractivity contribution in [2.75, 3.05) is 6.26 Å². The Labute approximate surface area is 92.6 Å². The number of hydrogen-bond acceptors (Lipinski definition) is 3. The monoisotopic (exact) mass is 218 g/mol. The highest BCUT2D eigenvalue weighted by atomic mass is 32.2. The molecule has 0 spiro atoms. The third kappa shape index (κ3) is 3.15. The standard InChI is InChI=1S/C11H10N2OS/c1-15-10-4-2-8(3-5-10)6-9(7-12)11(13)14/h2-6H,1H3,(H2,13,14). The van der Waals surface area contributed by atoms with Gasteiger partial charge in [-0.15, -0.1) is 11.8 Å². The summed E-state index contributed by atoms with van der Waals surface area (Å²) in [6.07, 6.45) is 3.46. The quantitative estimate of drug-likeness (QED) is 0.478. The minimum Gasteiger partial charge on any atom is -0.365 e. The van der Waals surface area contributed by atoms with Gasteiger partial charge in [0.25, 0.3) is 5.91 Å². The minimum absolute atomic E-state index is 0.0353. The molecule has 1 aromatic rings. The van der Waals surface area contributed by atoms with E-state index in [2.05, 4.69) is 0 Å². The summed E-state index contributed by atoms with van der Waals surface area (Å²) in [4.78, 5) is 11.9. The van der Waals surface area contributed by atoms with Gasteiger partial charge in [-0.1, -0.05) is 12.1 Å². The molecule has 1 rings (SSSR count). The number of carbonyl (C=O) groups excluding carboxylic acids is 1. The van der Waals surface area contributed by atoms with E-state index in [0.717, 1.165) is 10.5 Å². The fraction of sp³-hybridized carbons (Fsp3) is 0.0909. The second-order valence-electron chi connectivity index (χ2n) is 2.81. The molecular formula is C11H10N2OS. The lowest BCUT2D eigenvalue weighted by molar-refractivity contribution is -0.114. The molecule has 0 aromatic heterocycles. The third-order valence-corrected chi connectivity index (χ3v) is 2.56. The van der Waals surface area contributed by atoms with Crippen molar-refractivity contribution < 1.29 is 4.79 Å². The zero-order valence-corrected chi connectivity index (χ0v) is 9.04. The molecule has 1 aromatic carbocycles. The Balaban J connectivity index is 2.98. The lowest BCUT2D eigenvalue weighted by Gasteiger charge is -1.97. The molecule has 0 bridgehead atoms. The minimum atomic E-state index is -0.702. The van der Waals surface area contributed by atoms with Gasteiger partial charge in [-0.3, -0.25) is 4.79 Å². The Hall–Kier alpha value is -1.73. The van der Waals surface area contributed by atoms with Crippen LogP contribution in [0.1, 0.15) is 5.56 Å². The fourth-order valence-corrected chi connectivity index (χ4v) is 1.43. The topological polar surface area (TPSA) is 66.9 Å². The Kier molecular flexibility index (Phi) is 3.95. The number of carbonyl (C=O) groups is 1. The van der Waals surface area contributed by atoms with Crippen molar-refractivity contribution >= 4 is 23.7 Å². The van der Waals surface area contributed by atoms with Crippen molar-refractivity contribution in [1.82, 2.24) is 0 Å². The lowest BCUT2D eigenvalue weighted by atomic mass is 10.1. The molecule has 0 fully saturated rings. The maximum atomic E-state index is 10.8. The average molecular weight is 218 g/mol. The normalized spacial score (nSPS) is 10.8. The molecule has 2 N–H and O–H groups in total. The molecule has 0 radical (unpaired) electrons. The van der Waals surface area contributed by atoms with Crippen molar-refractivity contribution in [3.05, 3.63) is 35.4 Å². The lowest BCUT2D eigenvalue weighted by Crippen LogP contribution is -2.12. The van der Waals surface area contributed by atoms with Gasteiger partial charge in [0.15, 0.2) is 0 Å². The zero-order chi connectivity index (χ0) is 11.3. The van der Waals surface area contributed by atoms with Crippen LogP contribution in [0.25, 0.3) is 6.08 Å². The van der Waals surface area contributed by atoms with Crippen molar-refractivity contribution in [1.29, 1.82) is 5.26 Å². The fourth-order valence-electron chi connectivity index (χ4n) is 1.03. The van der Waals surface area contributed by atoms with Gasteiger partial charge in [0.1, 0.15) is 11.6 Å². The van der Waals surface area contributed by atoms with E-state index in [1.54, 1.807) is 17.8 Å². The first kappa shape index (κ1) is 11.3. The van der Waals surface area contributed by atoms with Crippen LogP contribution in [0, 0.1) is 11.3 Å². The molecule has 0 aliphatic rings. The predicted molar refractivity (Wildman–Crippen MR) is 61.0 cm³/mol. The molecule has 0 heterocycles. The number of primary amides is 1. The third-order valence-electron chi connectivity index (χ3n) is 1.81. The first-order valence-electron chi connectivity index (χ1n) is 4.23. The Morgan fingerprint density at radius 2 is 2.07 bits per heavy atom. The van der Waals surface area contributed by atoms with Crippen LogP contribution in [0.3, 0.4) is 0 Å². The van der Waals surface area contributed by atoms with Crippen LogP contribution in [0.5, 0.6) is 0 Å². The van der Waals surface area contributed by atoms with E-state index in [9.17, 15) is 4.79 Å². The van der Waals surface area contributed by atoms with Crippen LogP contribution < -0.4 is 5.73 Å². The van der Waals surface area contributed by atoms with Crippen LogP contribution in [0.15, 0.2) is 34.7 Å². The van der Waals surface area contributed by atoms with E-state index in [4.69, 9.17) is 11.0 Å². The van der Waals surface area contributed by atoms with Crippen LogP contribution in [0.4, 0.5) is 0 Å². The largest absolute Gasteiger partial charge is 0.365 e. The molecule has 0 atom stereocenters. The summed E-state index contributed by atoms with van der Waals surface area (Å²) in [6, 6.07) is 9.28. The van der Waals surface area contributed by atoms with Crippen molar-refractivity contribution in [3.8, 4) is 6.07 Å². The van der Waals surface area contributed by atoms with Crippen molar-refractivity contribution in [2.24, 2.45) is 5.73 Å².